The van der Waals surface area contributed by atoms with Gasteiger partial charge in [0.1, 0.15) is 11.7 Å². The zero-order chi connectivity index (χ0) is 22.0. The van der Waals surface area contributed by atoms with E-state index in [0.717, 1.165) is 25.7 Å². The van der Waals surface area contributed by atoms with Gasteiger partial charge in [0.2, 0.25) is 0 Å². The summed E-state index contributed by atoms with van der Waals surface area (Å²) in [6, 6.07) is 4.88. The molecule has 1 fully saturated rings. The molecule has 0 amide bonds. The lowest BCUT2D eigenvalue weighted by Gasteiger charge is -2.25. The number of hydrogen-bond donors (Lipinski definition) is 1. The van der Waals surface area contributed by atoms with Crippen molar-refractivity contribution in [1.29, 1.82) is 0 Å². The standard InChI is InChI=1S/C22H21ClF3N3O2/c23-16-9-13(1-2-17(16)24)10-19(30)14-11-18(25)21(26)22-15(14)12-20(28-22)27-3-4-29-5-7-31-8-6-29/h1-2,9,11H,3-8,10,12H2,(H,27,28). The van der Waals surface area contributed by atoms with Gasteiger partial charge in [0, 0.05) is 38.0 Å². The molecule has 5 nitrogen and oxygen atoms in total. The van der Waals surface area contributed by atoms with E-state index in [2.05, 4.69) is 15.2 Å². The number of benzene rings is 2. The molecule has 0 unspecified atom stereocenters. The van der Waals surface area contributed by atoms with Gasteiger partial charge in [0.15, 0.2) is 17.4 Å². The predicted octanol–water partition coefficient (Wildman–Crippen LogP) is 3.88. The molecule has 0 aromatic heterocycles. The monoisotopic (exact) mass is 451 g/mol. The van der Waals surface area contributed by atoms with E-state index in [1.54, 1.807) is 0 Å². The van der Waals surface area contributed by atoms with Gasteiger partial charge in [-0.3, -0.25) is 14.7 Å². The third-order valence-corrected chi connectivity index (χ3v) is 5.70. The zero-order valence-electron chi connectivity index (χ0n) is 16.7. The number of fused-ring (bicyclic) bond motifs is 1. The topological polar surface area (TPSA) is 53.9 Å². The second-order valence-electron chi connectivity index (χ2n) is 7.51. The number of amidine groups is 1. The average molecular weight is 452 g/mol. The molecule has 0 atom stereocenters. The first-order valence-electron chi connectivity index (χ1n) is 10.0. The van der Waals surface area contributed by atoms with E-state index < -0.39 is 23.2 Å². The second kappa shape index (κ2) is 9.38. The van der Waals surface area contributed by atoms with Gasteiger partial charge in [-0.05, 0) is 29.3 Å². The van der Waals surface area contributed by atoms with Gasteiger partial charge in [-0.2, -0.15) is 0 Å². The molecule has 1 saturated heterocycles. The molecule has 31 heavy (non-hydrogen) atoms. The third kappa shape index (κ3) is 4.92. The molecule has 4 rings (SSSR count). The van der Waals surface area contributed by atoms with Crippen LogP contribution >= 0.6 is 11.6 Å². The number of rotatable bonds is 6. The Morgan fingerprint density at radius 1 is 1.16 bits per heavy atom. The van der Waals surface area contributed by atoms with Crippen LogP contribution in [0.15, 0.2) is 29.3 Å². The number of morpholine rings is 1. The van der Waals surface area contributed by atoms with Crippen molar-refractivity contribution >= 4 is 28.9 Å². The Hall–Kier alpha value is -2.42. The second-order valence-corrected chi connectivity index (χ2v) is 7.91. The minimum absolute atomic E-state index is 0.0504. The summed E-state index contributed by atoms with van der Waals surface area (Å²) >= 11 is 5.77. The van der Waals surface area contributed by atoms with E-state index in [1.165, 1.54) is 18.2 Å². The maximum Gasteiger partial charge on any atom is 0.182 e. The molecule has 2 aliphatic rings. The van der Waals surface area contributed by atoms with E-state index in [1.807, 2.05) is 0 Å². The summed E-state index contributed by atoms with van der Waals surface area (Å²) in [6.07, 6.45) is 0.0991. The van der Waals surface area contributed by atoms with Crippen LogP contribution in [0.1, 0.15) is 21.5 Å². The summed E-state index contributed by atoms with van der Waals surface area (Å²) in [5, 5.41) is 2.73. The highest BCUT2D eigenvalue weighted by Gasteiger charge is 2.28. The van der Waals surface area contributed by atoms with Gasteiger partial charge in [-0.1, -0.05) is 17.7 Å². The number of carbonyl (C=O) groups excluding carboxylic acids is 1. The first-order chi connectivity index (χ1) is 14.9. The molecular weight excluding hydrogens is 431 g/mol. The van der Waals surface area contributed by atoms with Gasteiger partial charge >= 0.3 is 0 Å². The van der Waals surface area contributed by atoms with Crippen molar-refractivity contribution in [3.8, 4) is 0 Å². The van der Waals surface area contributed by atoms with E-state index in [9.17, 15) is 18.0 Å². The third-order valence-electron chi connectivity index (χ3n) is 5.41. The smallest absolute Gasteiger partial charge is 0.182 e. The number of halogens is 4. The lowest BCUT2D eigenvalue weighted by molar-refractivity contribution is 0.0394. The van der Waals surface area contributed by atoms with Crippen LogP contribution in [0, 0.1) is 17.5 Å². The first-order valence-corrected chi connectivity index (χ1v) is 10.4. The minimum atomic E-state index is -1.11. The fourth-order valence-electron chi connectivity index (χ4n) is 3.76. The number of Topliss-reactive ketones (excluding diaryl/α,β-unsaturated/α-hetero) is 1. The van der Waals surface area contributed by atoms with Gasteiger partial charge in [0.25, 0.3) is 0 Å². The quantitative estimate of drug-likeness (QED) is 0.677. The molecule has 2 aromatic rings. The number of hydrogen-bond acceptors (Lipinski definition) is 4. The SMILES string of the molecule is O=C(Cc1ccc(F)c(Cl)c1)c1cc(F)c(F)c2c1CC(=NCCN1CCOCC1)N2. The Bertz CT molecular complexity index is 1040. The Kier molecular flexibility index (Phi) is 6.60. The minimum Gasteiger partial charge on any atom is -0.379 e. The van der Waals surface area contributed by atoms with Crippen molar-refractivity contribution in [2.24, 2.45) is 4.99 Å². The van der Waals surface area contributed by atoms with Crippen LogP contribution in [0.5, 0.6) is 0 Å². The highest BCUT2D eigenvalue weighted by Crippen LogP contribution is 2.32. The summed E-state index contributed by atoms with van der Waals surface area (Å²) in [4.78, 5) is 19.5. The number of anilines is 1. The van der Waals surface area contributed by atoms with Gasteiger partial charge in [-0.25, -0.2) is 13.2 Å². The summed E-state index contributed by atoms with van der Waals surface area (Å²) in [5.41, 5.74) is 0.897. The van der Waals surface area contributed by atoms with Crippen molar-refractivity contribution in [3.05, 3.63) is 63.4 Å². The van der Waals surface area contributed by atoms with Crippen LogP contribution in [0.2, 0.25) is 5.02 Å². The summed E-state index contributed by atoms with van der Waals surface area (Å²) in [6.45, 7) is 4.29. The Morgan fingerprint density at radius 2 is 1.94 bits per heavy atom. The molecule has 0 aliphatic carbocycles. The van der Waals surface area contributed by atoms with Gasteiger partial charge < -0.3 is 10.1 Å². The normalized spacial score (nSPS) is 17.6. The number of aliphatic imine (C=N–C) groups is 1. The maximum atomic E-state index is 14.4. The average Bonchev–Trinajstić information content (AvgIpc) is 3.18. The highest BCUT2D eigenvalue weighted by atomic mass is 35.5. The lowest BCUT2D eigenvalue weighted by atomic mass is 9.96. The molecule has 0 radical (unpaired) electrons. The summed E-state index contributed by atoms with van der Waals surface area (Å²) < 4.78 is 47.2. The Morgan fingerprint density at radius 3 is 2.68 bits per heavy atom. The van der Waals surface area contributed by atoms with Crippen LogP contribution in [0.25, 0.3) is 0 Å². The lowest BCUT2D eigenvalue weighted by Crippen LogP contribution is -2.37. The molecule has 0 saturated carbocycles. The van der Waals surface area contributed by atoms with E-state index in [-0.39, 0.29) is 29.1 Å². The number of carbonyl (C=O) groups is 1. The fourth-order valence-corrected chi connectivity index (χ4v) is 3.96. The number of nitrogens with one attached hydrogen (secondary N) is 1. The summed E-state index contributed by atoms with van der Waals surface area (Å²) in [7, 11) is 0. The van der Waals surface area contributed by atoms with Crippen LogP contribution < -0.4 is 5.32 Å². The largest absolute Gasteiger partial charge is 0.379 e. The number of ether oxygens (including phenoxy) is 1. The van der Waals surface area contributed by atoms with E-state index >= 15 is 0 Å². The molecule has 1 N–H and O–H groups in total. The van der Waals surface area contributed by atoms with Crippen molar-refractivity contribution in [2.75, 3.05) is 44.7 Å². The number of ketones is 1. The predicted molar refractivity (Wildman–Crippen MR) is 113 cm³/mol. The fraction of sp³-hybridized carbons (Fsp3) is 0.364. The summed E-state index contributed by atoms with van der Waals surface area (Å²) in [5.74, 6) is -2.65. The van der Waals surface area contributed by atoms with Gasteiger partial charge in [0.05, 0.1) is 30.5 Å². The first kappa shape index (κ1) is 21.8. The molecule has 2 heterocycles. The van der Waals surface area contributed by atoms with Crippen LogP contribution in [0.4, 0.5) is 18.9 Å². The maximum absolute atomic E-state index is 14.4. The molecular formula is C22H21ClF3N3O2. The van der Waals surface area contributed by atoms with Crippen molar-refractivity contribution in [2.45, 2.75) is 12.8 Å². The van der Waals surface area contributed by atoms with Gasteiger partial charge in [-0.15, -0.1) is 0 Å². The van der Waals surface area contributed by atoms with Crippen molar-refractivity contribution in [3.63, 3.8) is 0 Å². The Labute approximate surface area is 182 Å². The van der Waals surface area contributed by atoms with E-state index in [4.69, 9.17) is 16.3 Å². The number of nitrogens with zero attached hydrogens (tertiary/aromatic N) is 2. The molecule has 2 aromatic carbocycles. The van der Waals surface area contributed by atoms with Crippen LogP contribution in [-0.4, -0.2) is 55.9 Å². The van der Waals surface area contributed by atoms with Crippen LogP contribution in [0.3, 0.4) is 0 Å². The van der Waals surface area contributed by atoms with Crippen LogP contribution in [-0.2, 0) is 17.6 Å². The molecule has 164 valence electrons. The zero-order valence-corrected chi connectivity index (χ0v) is 17.4. The van der Waals surface area contributed by atoms with Crippen molar-refractivity contribution < 1.29 is 22.7 Å². The molecule has 2 aliphatic heterocycles. The highest BCUT2D eigenvalue weighted by molar-refractivity contribution is 6.30. The molecule has 0 bridgehead atoms. The van der Waals surface area contributed by atoms with E-state index in [0.29, 0.717) is 36.7 Å². The molecule has 9 heteroatoms. The Balaban J connectivity index is 1.50. The molecule has 0 spiro atoms. The van der Waals surface area contributed by atoms with Crippen molar-refractivity contribution in [1.82, 2.24) is 4.90 Å².